The Morgan fingerprint density at radius 2 is 1.55 bits per heavy atom. The van der Waals surface area contributed by atoms with Gasteiger partial charge in [-0.25, -0.2) is 4.98 Å². The molecule has 0 amide bonds. The minimum atomic E-state index is 1.00. The second-order valence-electron chi connectivity index (χ2n) is 4.73. The predicted octanol–water partition coefficient (Wildman–Crippen LogP) is 5.49. The van der Waals surface area contributed by atoms with Gasteiger partial charge in [0.25, 0.3) is 0 Å². The van der Waals surface area contributed by atoms with Crippen LogP contribution in [-0.2, 0) is 0 Å². The number of halogens is 1. The smallest absolute Gasteiger partial charge is 0.0712 e. The van der Waals surface area contributed by atoms with Gasteiger partial charge < -0.3 is 0 Å². The summed E-state index contributed by atoms with van der Waals surface area (Å²) in [5.41, 5.74) is 5.54. The number of pyridine rings is 1. The Bertz CT molecular complexity index is 735. The van der Waals surface area contributed by atoms with Crippen molar-refractivity contribution in [2.75, 3.05) is 0 Å². The predicted molar refractivity (Wildman–Crippen MR) is 87.5 cm³/mol. The Labute approximate surface area is 127 Å². The molecule has 0 aliphatic heterocycles. The Morgan fingerprint density at radius 3 is 2.35 bits per heavy atom. The van der Waals surface area contributed by atoms with Crippen LogP contribution in [0.5, 0.6) is 0 Å². The van der Waals surface area contributed by atoms with Crippen LogP contribution in [-0.4, -0.2) is 4.98 Å². The highest BCUT2D eigenvalue weighted by Crippen LogP contribution is 2.27. The molecule has 0 fully saturated rings. The molecule has 1 heterocycles. The molecule has 3 rings (SSSR count). The number of hydrogen-bond donors (Lipinski definition) is 0. The zero-order valence-electron chi connectivity index (χ0n) is 11.2. The third kappa shape index (κ3) is 2.66. The molecule has 0 saturated heterocycles. The maximum Gasteiger partial charge on any atom is 0.0712 e. The van der Waals surface area contributed by atoms with Crippen LogP contribution in [0.2, 0.25) is 0 Å². The van der Waals surface area contributed by atoms with Crippen molar-refractivity contribution in [2.45, 2.75) is 6.92 Å². The molecular weight excluding hydrogens is 310 g/mol. The van der Waals surface area contributed by atoms with E-state index in [9.17, 15) is 0 Å². The molecule has 1 nitrogen and oxygen atoms in total. The van der Waals surface area contributed by atoms with E-state index in [4.69, 9.17) is 4.98 Å². The zero-order valence-corrected chi connectivity index (χ0v) is 12.8. The molecule has 3 aromatic rings. The standard InChI is InChI=1S/C18H14BrN/c1-13-10-11-15(19)12-16(13)18-9-5-8-17(20-18)14-6-3-2-4-7-14/h2-12H,1H3. The molecule has 0 radical (unpaired) electrons. The van der Waals surface area contributed by atoms with Crippen molar-refractivity contribution in [3.8, 4) is 22.5 Å². The number of hydrogen-bond acceptors (Lipinski definition) is 1. The maximum absolute atomic E-state index is 4.79. The van der Waals surface area contributed by atoms with E-state index in [-0.39, 0.29) is 0 Å². The van der Waals surface area contributed by atoms with Crippen molar-refractivity contribution >= 4 is 15.9 Å². The number of aromatic nitrogens is 1. The van der Waals surface area contributed by atoms with E-state index in [0.717, 1.165) is 27.0 Å². The van der Waals surface area contributed by atoms with Crippen LogP contribution in [0.15, 0.2) is 71.2 Å². The van der Waals surface area contributed by atoms with Crippen LogP contribution < -0.4 is 0 Å². The lowest BCUT2D eigenvalue weighted by atomic mass is 10.0. The van der Waals surface area contributed by atoms with E-state index < -0.39 is 0 Å². The van der Waals surface area contributed by atoms with Gasteiger partial charge in [-0.1, -0.05) is 58.4 Å². The Hall–Kier alpha value is -1.93. The fourth-order valence-electron chi connectivity index (χ4n) is 2.22. The van der Waals surface area contributed by atoms with Crippen LogP contribution in [0.4, 0.5) is 0 Å². The highest BCUT2D eigenvalue weighted by Gasteiger charge is 2.06. The third-order valence-electron chi connectivity index (χ3n) is 3.29. The topological polar surface area (TPSA) is 12.9 Å². The summed E-state index contributed by atoms with van der Waals surface area (Å²) < 4.78 is 1.07. The largest absolute Gasteiger partial charge is 0.248 e. The van der Waals surface area contributed by atoms with Gasteiger partial charge in [0.1, 0.15) is 0 Å². The van der Waals surface area contributed by atoms with Gasteiger partial charge in [0, 0.05) is 15.6 Å². The lowest BCUT2D eigenvalue weighted by Gasteiger charge is -2.08. The Balaban J connectivity index is 2.10. The molecule has 0 atom stereocenters. The van der Waals surface area contributed by atoms with Crippen molar-refractivity contribution in [1.29, 1.82) is 0 Å². The van der Waals surface area contributed by atoms with Crippen molar-refractivity contribution in [3.63, 3.8) is 0 Å². The molecule has 0 aliphatic rings. The molecule has 0 aliphatic carbocycles. The quantitative estimate of drug-likeness (QED) is 0.608. The van der Waals surface area contributed by atoms with Gasteiger partial charge in [0.2, 0.25) is 0 Å². The summed E-state index contributed by atoms with van der Waals surface area (Å²) in [4.78, 5) is 4.79. The van der Waals surface area contributed by atoms with Crippen molar-refractivity contribution in [3.05, 3.63) is 76.8 Å². The van der Waals surface area contributed by atoms with Gasteiger partial charge in [0.05, 0.1) is 11.4 Å². The van der Waals surface area contributed by atoms with Crippen molar-refractivity contribution in [2.24, 2.45) is 0 Å². The van der Waals surface area contributed by atoms with E-state index in [2.05, 4.69) is 65.3 Å². The van der Waals surface area contributed by atoms with Gasteiger partial charge in [-0.05, 0) is 36.8 Å². The van der Waals surface area contributed by atoms with Crippen LogP contribution in [0.3, 0.4) is 0 Å². The highest BCUT2D eigenvalue weighted by molar-refractivity contribution is 9.10. The van der Waals surface area contributed by atoms with Crippen LogP contribution in [0.25, 0.3) is 22.5 Å². The molecular formula is C18H14BrN. The molecule has 98 valence electrons. The Morgan fingerprint density at radius 1 is 0.800 bits per heavy atom. The van der Waals surface area contributed by atoms with Gasteiger partial charge >= 0.3 is 0 Å². The lowest BCUT2D eigenvalue weighted by molar-refractivity contribution is 1.30. The first kappa shape index (κ1) is 13.1. The maximum atomic E-state index is 4.79. The monoisotopic (exact) mass is 323 g/mol. The highest BCUT2D eigenvalue weighted by atomic mass is 79.9. The lowest BCUT2D eigenvalue weighted by Crippen LogP contribution is -1.90. The molecule has 2 aromatic carbocycles. The third-order valence-corrected chi connectivity index (χ3v) is 3.79. The van der Waals surface area contributed by atoms with Crippen LogP contribution >= 0.6 is 15.9 Å². The first-order valence-electron chi connectivity index (χ1n) is 6.53. The summed E-state index contributed by atoms with van der Waals surface area (Å²) in [6.45, 7) is 2.11. The summed E-state index contributed by atoms with van der Waals surface area (Å²) in [6.07, 6.45) is 0. The average molecular weight is 324 g/mol. The molecule has 0 spiro atoms. The summed E-state index contributed by atoms with van der Waals surface area (Å²) in [7, 11) is 0. The van der Waals surface area contributed by atoms with E-state index >= 15 is 0 Å². The number of aryl methyl sites for hydroxylation is 1. The minimum Gasteiger partial charge on any atom is -0.248 e. The molecule has 0 N–H and O–H groups in total. The van der Waals surface area contributed by atoms with Crippen molar-refractivity contribution in [1.82, 2.24) is 4.98 Å². The molecule has 20 heavy (non-hydrogen) atoms. The molecule has 0 bridgehead atoms. The normalized spacial score (nSPS) is 10.5. The molecule has 0 unspecified atom stereocenters. The van der Waals surface area contributed by atoms with Crippen LogP contribution in [0.1, 0.15) is 5.56 Å². The number of benzene rings is 2. The van der Waals surface area contributed by atoms with Crippen molar-refractivity contribution < 1.29 is 0 Å². The SMILES string of the molecule is Cc1ccc(Br)cc1-c1cccc(-c2ccccc2)n1. The van der Waals surface area contributed by atoms with Crippen LogP contribution in [0, 0.1) is 6.92 Å². The summed E-state index contributed by atoms with van der Waals surface area (Å²) in [5.74, 6) is 0. The Kier molecular flexibility index (Phi) is 3.66. The van der Waals surface area contributed by atoms with Gasteiger partial charge in [-0.2, -0.15) is 0 Å². The fraction of sp³-hybridized carbons (Fsp3) is 0.0556. The first-order valence-corrected chi connectivity index (χ1v) is 7.32. The number of rotatable bonds is 2. The zero-order chi connectivity index (χ0) is 13.9. The summed E-state index contributed by atoms with van der Waals surface area (Å²) >= 11 is 3.53. The minimum absolute atomic E-state index is 1.00. The second-order valence-corrected chi connectivity index (χ2v) is 5.65. The second kappa shape index (κ2) is 5.59. The number of nitrogens with zero attached hydrogens (tertiary/aromatic N) is 1. The van der Waals surface area contributed by atoms with E-state index in [0.29, 0.717) is 0 Å². The summed E-state index contributed by atoms with van der Waals surface area (Å²) in [5, 5.41) is 0. The van der Waals surface area contributed by atoms with E-state index in [1.54, 1.807) is 0 Å². The van der Waals surface area contributed by atoms with E-state index in [1.165, 1.54) is 5.56 Å². The van der Waals surface area contributed by atoms with Gasteiger partial charge in [-0.3, -0.25) is 0 Å². The molecule has 1 aromatic heterocycles. The summed E-state index contributed by atoms with van der Waals surface area (Å²) in [6, 6.07) is 22.7. The molecule has 0 saturated carbocycles. The fourth-order valence-corrected chi connectivity index (χ4v) is 2.59. The first-order chi connectivity index (χ1) is 9.74. The van der Waals surface area contributed by atoms with Gasteiger partial charge in [-0.15, -0.1) is 0 Å². The van der Waals surface area contributed by atoms with Gasteiger partial charge in [0.15, 0.2) is 0 Å². The average Bonchev–Trinajstić information content (AvgIpc) is 2.51. The van der Waals surface area contributed by atoms with E-state index in [1.807, 2.05) is 24.3 Å². The molecule has 2 heteroatoms.